The minimum absolute atomic E-state index is 0.0153. The molecular weight excluding hydrogens is 429 g/mol. The summed E-state index contributed by atoms with van der Waals surface area (Å²) >= 11 is 1.39. The van der Waals surface area contributed by atoms with Crippen LogP contribution in [0.25, 0.3) is 0 Å². The number of carbonyl (C=O) groups excluding carboxylic acids is 1. The highest BCUT2D eigenvalue weighted by Gasteiger charge is 2.32. The number of para-hydroxylation sites is 1. The maximum atomic E-state index is 12.6. The van der Waals surface area contributed by atoms with Crippen molar-refractivity contribution in [2.24, 2.45) is 0 Å². The molecule has 5 nitrogen and oxygen atoms in total. The molecule has 0 saturated carbocycles. The molecule has 31 heavy (non-hydrogen) atoms. The van der Waals surface area contributed by atoms with Crippen molar-refractivity contribution in [2.45, 2.75) is 32.9 Å². The van der Waals surface area contributed by atoms with Crippen LogP contribution in [0, 0.1) is 6.92 Å². The van der Waals surface area contributed by atoms with Crippen LogP contribution in [0.15, 0.2) is 53.9 Å². The van der Waals surface area contributed by atoms with Crippen LogP contribution in [-0.2, 0) is 24.4 Å². The molecule has 2 aromatic carbocycles. The molecule has 0 aliphatic carbocycles. The van der Waals surface area contributed by atoms with E-state index in [1.165, 1.54) is 41.5 Å². The number of benzene rings is 2. The molecule has 0 spiro atoms. The lowest BCUT2D eigenvalue weighted by Crippen LogP contribution is -2.28. The Kier molecular flexibility index (Phi) is 7.17. The van der Waals surface area contributed by atoms with Crippen molar-refractivity contribution >= 4 is 17.2 Å². The van der Waals surface area contributed by atoms with Gasteiger partial charge in [0.05, 0.1) is 12.1 Å². The van der Waals surface area contributed by atoms with Gasteiger partial charge in [-0.05, 0) is 25.1 Å². The van der Waals surface area contributed by atoms with Gasteiger partial charge in [0.1, 0.15) is 23.1 Å². The number of hydrogen-bond acceptors (Lipinski definition) is 5. The van der Waals surface area contributed by atoms with Crippen molar-refractivity contribution in [2.75, 3.05) is 7.05 Å². The average Bonchev–Trinajstić information content (AvgIpc) is 3.15. The van der Waals surface area contributed by atoms with Crippen LogP contribution in [0.5, 0.6) is 11.5 Å². The molecule has 0 aliphatic heterocycles. The second-order valence-electron chi connectivity index (χ2n) is 6.92. The summed E-state index contributed by atoms with van der Waals surface area (Å²) in [5.41, 5.74) is 1.99. The SMILES string of the molecule is Cc1ccc(OCc2nc(CC(=O)N(C)Cc3ccccc3OC(F)(F)F)cs2)cc1. The van der Waals surface area contributed by atoms with Crippen molar-refractivity contribution < 1.29 is 27.4 Å². The molecule has 9 heteroatoms. The smallest absolute Gasteiger partial charge is 0.486 e. The quantitative estimate of drug-likeness (QED) is 0.478. The Morgan fingerprint density at radius 3 is 2.55 bits per heavy atom. The van der Waals surface area contributed by atoms with Gasteiger partial charge in [0, 0.05) is 24.5 Å². The summed E-state index contributed by atoms with van der Waals surface area (Å²) in [6, 6.07) is 13.4. The molecule has 1 heterocycles. The van der Waals surface area contributed by atoms with Crippen LogP contribution < -0.4 is 9.47 Å². The number of hydrogen-bond donors (Lipinski definition) is 0. The zero-order chi connectivity index (χ0) is 22.4. The molecule has 3 aromatic rings. The average molecular weight is 450 g/mol. The molecular formula is C22H21F3N2O3S. The summed E-state index contributed by atoms with van der Waals surface area (Å²) in [5.74, 6) is 0.148. The van der Waals surface area contributed by atoms with E-state index >= 15 is 0 Å². The molecule has 164 valence electrons. The summed E-state index contributed by atoms with van der Waals surface area (Å²) in [5, 5.41) is 2.51. The Morgan fingerprint density at radius 2 is 1.84 bits per heavy atom. The highest BCUT2D eigenvalue weighted by molar-refractivity contribution is 7.09. The normalized spacial score (nSPS) is 11.3. The zero-order valence-corrected chi connectivity index (χ0v) is 17.8. The van der Waals surface area contributed by atoms with Gasteiger partial charge in [-0.15, -0.1) is 24.5 Å². The highest BCUT2D eigenvalue weighted by atomic mass is 32.1. The number of nitrogens with zero attached hydrogens (tertiary/aromatic N) is 2. The number of aryl methyl sites for hydroxylation is 1. The molecule has 0 bridgehead atoms. The predicted molar refractivity (Wildman–Crippen MR) is 111 cm³/mol. The van der Waals surface area contributed by atoms with Gasteiger partial charge >= 0.3 is 6.36 Å². The molecule has 0 N–H and O–H groups in total. The molecule has 1 amide bonds. The third-order valence-corrected chi connectivity index (χ3v) is 5.22. The number of ether oxygens (including phenoxy) is 2. The van der Waals surface area contributed by atoms with E-state index in [4.69, 9.17) is 4.74 Å². The number of carbonyl (C=O) groups is 1. The van der Waals surface area contributed by atoms with Crippen molar-refractivity contribution in [3.8, 4) is 11.5 Å². The van der Waals surface area contributed by atoms with Gasteiger partial charge in [0.25, 0.3) is 0 Å². The van der Waals surface area contributed by atoms with E-state index in [1.807, 2.05) is 31.2 Å². The van der Waals surface area contributed by atoms with Crippen molar-refractivity contribution in [3.63, 3.8) is 0 Å². The monoisotopic (exact) mass is 450 g/mol. The first kappa shape index (κ1) is 22.6. The largest absolute Gasteiger partial charge is 0.573 e. The van der Waals surface area contributed by atoms with Gasteiger partial charge in [-0.2, -0.15) is 0 Å². The number of likely N-dealkylation sites (N-methyl/N-ethyl adjacent to an activating group) is 1. The summed E-state index contributed by atoms with van der Waals surface area (Å²) in [4.78, 5) is 18.3. The highest BCUT2D eigenvalue weighted by Crippen LogP contribution is 2.27. The van der Waals surface area contributed by atoms with E-state index < -0.39 is 6.36 Å². The van der Waals surface area contributed by atoms with Crippen LogP contribution in [0.1, 0.15) is 21.8 Å². The summed E-state index contributed by atoms with van der Waals surface area (Å²) in [6.45, 7) is 2.27. The van der Waals surface area contributed by atoms with Crippen molar-refractivity contribution in [3.05, 3.63) is 75.7 Å². The fraction of sp³-hybridized carbons (Fsp3) is 0.273. The van der Waals surface area contributed by atoms with Gasteiger partial charge in [-0.3, -0.25) is 4.79 Å². The zero-order valence-electron chi connectivity index (χ0n) is 17.0. The first-order valence-electron chi connectivity index (χ1n) is 9.40. The van der Waals surface area contributed by atoms with Crippen LogP contribution in [-0.4, -0.2) is 29.2 Å². The molecule has 0 saturated heterocycles. The predicted octanol–water partition coefficient (Wildman–Crippen LogP) is 5.13. The standard InChI is InChI=1S/C22H21F3N2O3S/c1-15-7-9-18(10-8-15)29-13-20-26-17(14-31-20)11-21(28)27(2)12-16-5-3-4-6-19(16)30-22(23,24)25/h3-10,14H,11-13H2,1-2H3. The summed E-state index contributed by atoms with van der Waals surface area (Å²) in [7, 11) is 1.53. The fourth-order valence-electron chi connectivity index (χ4n) is 2.77. The van der Waals surface area contributed by atoms with Crippen molar-refractivity contribution in [1.29, 1.82) is 0 Å². The number of aromatic nitrogens is 1. The van der Waals surface area contributed by atoms with Crippen LogP contribution in [0.3, 0.4) is 0 Å². The summed E-state index contributed by atoms with van der Waals surface area (Å²) in [6.07, 6.45) is -4.75. The van der Waals surface area contributed by atoms with E-state index in [1.54, 1.807) is 11.4 Å². The van der Waals surface area contributed by atoms with E-state index in [2.05, 4.69) is 9.72 Å². The molecule has 3 rings (SSSR count). The minimum atomic E-state index is -4.80. The number of rotatable bonds is 8. The number of thiazole rings is 1. The lowest BCUT2D eigenvalue weighted by Gasteiger charge is -2.19. The van der Waals surface area contributed by atoms with Gasteiger partial charge in [-0.25, -0.2) is 4.98 Å². The maximum Gasteiger partial charge on any atom is 0.573 e. The third kappa shape index (κ3) is 6.99. The van der Waals surface area contributed by atoms with Crippen LogP contribution in [0.4, 0.5) is 13.2 Å². The first-order chi connectivity index (χ1) is 14.7. The van der Waals surface area contributed by atoms with Gasteiger partial charge in [0.15, 0.2) is 0 Å². The molecule has 0 aliphatic rings. The topological polar surface area (TPSA) is 51.7 Å². The third-order valence-electron chi connectivity index (χ3n) is 4.35. The Morgan fingerprint density at radius 1 is 1.13 bits per heavy atom. The maximum absolute atomic E-state index is 12.6. The van der Waals surface area contributed by atoms with Gasteiger partial charge in [-0.1, -0.05) is 35.9 Å². The lowest BCUT2D eigenvalue weighted by molar-refractivity contribution is -0.275. The lowest BCUT2D eigenvalue weighted by atomic mass is 10.2. The molecule has 0 radical (unpaired) electrons. The second-order valence-corrected chi connectivity index (χ2v) is 7.86. The number of alkyl halides is 3. The van der Waals surface area contributed by atoms with Crippen LogP contribution >= 0.6 is 11.3 Å². The van der Waals surface area contributed by atoms with E-state index in [0.717, 1.165) is 16.3 Å². The first-order valence-corrected chi connectivity index (χ1v) is 10.3. The fourth-order valence-corrected chi connectivity index (χ4v) is 3.47. The Labute approximate surface area is 182 Å². The molecule has 0 unspecified atom stereocenters. The molecule has 0 atom stereocenters. The Hall–Kier alpha value is -3.07. The Balaban J connectivity index is 1.55. The summed E-state index contributed by atoms with van der Waals surface area (Å²) < 4.78 is 47.5. The number of amides is 1. The molecule has 1 aromatic heterocycles. The van der Waals surface area contributed by atoms with E-state index in [9.17, 15) is 18.0 Å². The van der Waals surface area contributed by atoms with E-state index in [0.29, 0.717) is 12.3 Å². The second kappa shape index (κ2) is 9.82. The minimum Gasteiger partial charge on any atom is -0.486 e. The van der Waals surface area contributed by atoms with Crippen molar-refractivity contribution in [1.82, 2.24) is 9.88 Å². The Bertz CT molecular complexity index is 1020. The van der Waals surface area contributed by atoms with E-state index in [-0.39, 0.29) is 30.2 Å². The van der Waals surface area contributed by atoms with Gasteiger partial charge in [0.2, 0.25) is 5.91 Å². The van der Waals surface area contributed by atoms with Crippen LogP contribution in [0.2, 0.25) is 0 Å². The number of halogens is 3. The van der Waals surface area contributed by atoms with Gasteiger partial charge < -0.3 is 14.4 Å². The molecule has 0 fully saturated rings.